The number of halogens is 5. The Bertz CT molecular complexity index is 861. The molecular weight excluding hydrogens is 404 g/mol. The Morgan fingerprint density at radius 2 is 2.11 bits per heavy atom. The minimum atomic E-state index is -4.44. The van der Waals surface area contributed by atoms with E-state index in [1.54, 1.807) is 24.4 Å². The first kappa shape index (κ1) is 19.9. The van der Waals surface area contributed by atoms with Crippen LogP contribution in [0.3, 0.4) is 0 Å². The molecule has 0 saturated carbocycles. The van der Waals surface area contributed by atoms with E-state index in [4.69, 9.17) is 27.9 Å². The van der Waals surface area contributed by atoms with E-state index in [9.17, 15) is 18.0 Å². The summed E-state index contributed by atoms with van der Waals surface area (Å²) in [6.45, 7) is 0.893. The standard InChI is InChI=1S/C18H15Cl2F3N2O2/c1-10(11-2-3-16(14(19)6-11)27-9-18(21,22)23)25-7-13-12(15(25)8-26)4-5-24-17(13)20/h2-6,8,10,15H,7,9H2,1H3. The minimum absolute atomic E-state index is 0.0474. The Balaban J connectivity index is 1.82. The SMILES string of the molecule is CC(c1ccc(OCC(F)(F)F)c(Cl)c1)N1Cc2c(ccnc2Cl)C1C=O. The molecule has 2 unspecified atom stereocenters. The second-order valence-electron chi connectivity index (χ2n) is 6.19. The van der Waals surface area contributed by atoms with E-state index in [1.165, 1.54) is 6.07 Å². The molecule has 0 radical (unpaired) electrons. The van der Waals surface area contributed by atoms with Gasteiger partial charge in [0.1, 0.15) is 17.2 Å². The lowest BCUT2D eigenvalue weighted by molar-refractivity contribution is -0.153. The molecule has 1 aliphatic heterocycles. The Morgan fingerprint density at radius 1 is 1.37 bits per heavy atom. The van der Waals surface area contributed by atoms with Crippen LogP contribution in [0.25, 0.3) is 0 Å². The van der Waals surface area contributed by atoms with Crippen LogP contribution in [0.15, 0.2) is 30.5 Å². The summed E-state index contributed by atoms with van der Waals surface area (Å²) in [4.78, 5) is 17.6. The highest BCUT2D eigenvalue weighted by Gasteiger charge is 2.35. The fourth-order valence-corrected chi connectivity index (χ4v) is 3.62. The fourth-order valence-electron chi connectivity index (χ4n) is 3.15. The van der Waals surface area contributed by atoms with Crippen molar-refractivity contribution < 1.29 is 22.7 Å². The Morgan fingerprint density at radius 3 is 2.74 bits per heavy atom. The molecule has 27 heavy (non-hydrogen) atoms. The summed E-state index contributed by atoms with van der Waals surface area (Å²) in [6, 6.07) is 5.60. The zero-order chi connectivity index (χ0) is 19.8. The largest absolute Gasteiger partial charge is 0.483 e. The molecule has 2 atom stereocenters. The van der Waals surface area contributed by atoms with Crippen LogP contribution in [0, 0.1) is 0 Å². The van der Waals surface area contributed by atoms with E-state index < -0.39 is 18.8 Å². The normalized spacial score (nSPS) is 18.2. The second-order valence-corrected chi connectivity index (χ2v) is 6.96. The number of carbonyl (C=O) groups is 1. The number of aldehydes is 1. The predicted molar refractivity (Wildman–Crippen MR) is 95.0 cm³/mol. The Kier molecular flexibility index (Phi) is 5.65. The van der Waals surface area contributed by atoms with Gasteiger partial charge in [-0.2, -0.15) is 13.2 Å². The molecule has 9 heteroatoms. The maximum atomic E-state index is 12.3. The van der Waals surface area contributed by atoms with Gasteiger partial charge in [0.15, 0.2) is 6.61 Å². The topological polar surface area (TPSA) is 42.4 Å². The molecule has 1 aromatic carbocycles. The monoisotopic (exact) mass is 418 g/mol. The minimum Gasteiger partial charge on any atom is -0.483 e. The predicted octanol–water partition coefficient (Wildman–Crippen LogP) is 5.15. The Labute approximate surface area is 163 Å². The molecular formula is C18H15Cl2F3N2O2. The summed E-state index contributed by atoms with van der Waals surface area (Å²) in [5.74, 6) is -0.0474. The van der Waals surface area contributed by atoms with Gasteiger partial charge in [-0.3, -0.25) is 4.90 Å². The number of benzene rings is 1. The van der Waals surface area contributed by atoms with E-state index in [0.717, 1.165) is 23.0 Å². The molecule has 0 spiro atoms. The maximum Gasteiger partial charge on any atom is 0.422 e. The number of fused-ring (bicyclic) bond motifs is 1. The van der Waals surface area contributed by atoms with E-state index >= 15 is 0 Å². The van der Waals surface area contributed by atoms with Crippen molar-refractivity contribution in [3.05, 3.63) is 57.3 Å². The molecule has 0 saturated heterocycles. The van der Waals surface area contributed by atoms with Crippen LogP contribution in [-0.4, -0.2) is 29.0 Å². The van der Waals surface area contributed by atoms with Gasteiger partial charge in [-0.15, -0.1) is 0 Å². The summed E-state index contributed by atoms with van der Waals surface area (Å²) in [6.07, 6.45) is -2.06. The zero-order valence-corrected chi connectivity index (χ0v) is 15.6. The number of alkyl halides is 3. The zero-order valence-electron chi connectivity index (χ0n) is 14.1. The van der Waals surface area contributed by atoms with Crippen LogP contribution in [0.2, 0.25) is 10.2 Å². The van der Waals surface area contributed by atoms with Crippen molar-refractivity contribution >= 4 is 29.5 Å². The molecule has 4 nitrogen and oxygen atoms in total. The average molecular weight is 419 g/mol. The summed E-state index contributed by atoms with van der Waals surface area (Å²) in [5, 5.41) is 0.422. The van der Waals surface area contributed by atoms with Gasteiger partial charge < -0.3 is 9.53 Å². The first-order chi connectivity index (χ1) is 12.7. The van der Waals surface area contributed by atoms with Crippen LogP contribution < -0.4 is 4.74 Å². The number of ether oxygens (including phenoxy) is 1. The van der Waals surface area contributed by atoms with Crippen LogP contribution in [0.4, 0.5) is 13.2 Å². The van der Waals surface area contributed by atoms with Gasteiger partial charge in [0.05, 0.1) is 11.1 Å². The lowest BCUT2D eigenvalue weighted by atomic mass is 10.0. The highest BCUT2D eigenvalue weighted by Crippen LogP contribution is 2.41. The van der Waals surface area contributed by atoms with Crippen molar-refractivity contribution in [3.63, 3.8) is 0 Å². The quantitative estimate of drug-likeness (QED) is 0.497. The molecule has 0 amide bonds. The van der Waals surface area contributed by atoms with Crippen molar-refractivity contribution in [2.45, 2.75) is 31.7 Å². The van der Waals surface area contributed by atoms with E-state index in [-0.39, 0.29) is 16.8 Å². The van der Waals surface area contributed by atoms with Crippen LogP contribution in [0.5, 0.6) is 5.75 Å². The van der Waals surface area contributed by atoms with Crippen molar-refractivity contribution in [2.24, 2.45) is 0 Å². The highest BCUT2D eigenvalue weighted by molar-refractivity contribution is 6.32. The van der Waals surface area contributed by atoms with Gasteiger partial charge in [0.2, 0.25) is 0 Å². The number of carbonyl (C=O) groups excluding carboxylic acids is 1. The third kappa shape index (κ3) is 4.20. The first-order valence-corrected chi connectivity index (χ1v) is 8.80. The van der Waals surface area contributed by atoms with Crippen molar-refractivity contribution in [2.75, 3.05) is 6.61 Å². The maximum absolute atomic E-state index is 12.3. The summed E-state index contributed by atoms with van der Waals surface area (Å²) in [7, 11) is 0. The van der Waals surface area contributed by atoms with Gasteiger partial charge in [-0.05, 0) is 36.2 Å². The number of hydrogen-bond donors (Lipinski definition) is 0. The first-order valence-electron chi connectivity index (χ1n) is 8.04. The third-order valence-corrected chi connectivity index (χ3v) is 5.13. The lowest BCUT2D eigenvalue weighted by Crippen LogP contribution is -2.26. The van der Waals surface area contributed by atoms with Crippen LogP contribution in [0.1, 0.15) is 35.7 Å². The molecule has 2 heterocycles. The summed E-state index contributed by atoms with van der Waals surface area (Å²) < 4.78 is 41.6. The summed E-state index contributed by atoms with van der Waals surface area (Å²) in [5.41, 5.74) is 2.33. The van der Waals surface area contributed by atoms with Crippen molar-refractivity contribution in [3.8, 4) is 5.75 Å². The second kappa shape index (κ2) is 7.66. The van der Waals surface area contributed by atoms with Crippen LogP contribution in [-0.2, 0) is 11.3 Å². The van der Waals surface area contributed by atoms with Gasteiger partial charge in [0, 0.05) is 24.3 Å². The third-order valence-electron chi connectivity index (χ3n) is 4.51. The molecule has 0 N–H and O–H groups in total. The number of pyridine rings is 1. The number of rotatable bonds is 5. The number of hydrogen-bond acceptors (Lipinski definition) is 4. The number of aromatic nitrogens is 1. The molecule has 3 rings (SSSR count). The summed E-state index contributed by atoms with van der Waals surface area (Å²) >= 11 is 12.2. The Hall–Kier alpha value is -1.83. The van der Waals surface area contributed by atoms with Gasteiger partial charge in [-0.1, -0.05) is 29.3 Å². The molecule has 1 aliphatic rings. The van der Waals surface area contributed by atoms with Gasteiger partial charge >= 0.3 is 6.18 Å². The van der Waals surface area contributed by atoms with Crippen molar-refractivity contribution in [1.82, 2.24) is 9.88 Å². The fraction of sp³-hybridized carbons (Fsp3) is 0.333. The molecule has 1 aromatic heterocycles. The average Bonchev–Trinajstić information content (AvgIpc) is 2.99. The molecule has 144 valence electrons. The molecule has 0 fully saturated rings. The van der Waals surface area contributed by atoms with E-state index in [2.05, 4.69) is 4.98 Å². The van der Waals surface area contributed by atoms with Gasteiger partial charge in [0.25, 0.3) is 0 Å². The molecule has 0 bridgehead atoms. The van der Waals surface area contributed by atoms with Crippen molar-refractivity contribution in [1.29, 1.82) is 0 Å². The highest BCUT2D eigenvalue weighted by atomic mass is 35.5. The van der Waals surface area contributed by atoms with E-state index in [0.29, 0.717) is 11.7 Å². The smallest absolute Gasteiger partial charge is 0.422 e. The van der Waals surface area contributed by atoms with E-state index in [1.807, 2.05) is 11.8 Å². The molecule has 0 aliphatic carbocycles. The van der Waals surface area contributed by atoms with Gasteiger partial charge in [-0.25, -0.2) is 4.98 Å². The molecule has 2 aromatic rings. The number of nitrogens with zero attached hydrogens (tertiary/aromatic N) is 2. The lowest BCUT2D eigenvalue weighted by Gasteiger charge is -2.28. The van der Waals surface area contributed by atoms with Crippen LogP contribution >= 0.6 is 23.2 Å².